The third kappa shape index (κ3) is 8.59. The maximum absolute atomic E-state index is 16.0. The van der Waals surface area contributed by atoms with Crippen molar-refractivity contribution >= 4 is 63.1 Å². The summed E-state index contributed by atoms with van der Waals surface area (Å²) in [5, 5.41) is 21.8. The van der Waals surface area contributed by atoms with Crippen molar-refractivity contribution in [3.05, 3.63) is 107 Å². The number of hydrogen-bond donors (Lipinski definition) is 4. The largest absolute Gasteiger partial charge is 0.389 e. The summed E-state index contributed by atoms with van der Waals surface area (Å²) in [6.07, 6.45) is 7.96. The number of nitrogens with zero attached hydrogens (tertiary/aromatic N) is 7. The van der Waals surface area contributed by atoms with Gasteiger partial charge in [-0.25, -0.2) is 18.7 Å². The minimum absolute atomic E-state index is 0.0197. The number of anilines is 4. The van der Waals surface area contributed by atoms with E-state index in [0.29, 0.717) is 73.2 Å². The molecule has 2 aromatic heterocycles. The highest BCUT2D eigenvalue weighted by molar-refractivity contribution is 7.13. The molecular weight excluding hydrogens is 907 g/mol. The van der Waals surface area contributed by atoms with Crippen molar-refractivity contribution in [2.45, 2.75) is 88.6 Å². The minimum atomic E-state index is -1.18. The number of imidazole rings is 1. The second-order valence-electron chi connectivity index (χ2n) is 19.5. The molecule has 4 saturated heterocycles. The first kappa shape index (κ1) is 44.8. The molecule has 6 aliphatic heterocycles. The molecule has 4 N–H and O–H groups in total. The lowest BCUT2D eigenvalue weighted by Gasteiger charge is -2.55. The van der Waals surface area contributed by atoms with Gasteiger partial charge in [-0.2, -0.15) is 0 Å². The van der Waals surface area contributed by atoms with Crippen molar-refractivity contribution in [1.82, 2.24) is 29.7 Å². The lowest BCUT2D eigenvalue weighted by molar-refractivity contribution is -0.151. The molecular formula is C50H52F2N10O6S. The summed E-state index contributed by atoms with van der Waals surface area (Å²) < 4.78 is 33.3. The summed E-state index contributed by atoms with van der Waals surface area (Å²) in [5.74, 6) is -2.67. The molecule has 8 heterocycles. The Balaban J connectivity index is 0.670. The Kier molecular flexibility index (Phi) is 11.5. The Labute approximate surface area is 400 Å². The number of hydrogen-bond acceptors (Lipinski definition) is 12. The Morgan fingerprint density at radius 3 is 2.38 bits per heavy atom. The van der Waals surface area contributed by atoms with E-state index in [0.717, 1.165) is 62.3 Å². The summed E-state index contributed by atoms with van der Waals surface area (Å²) >= 11 is 1.27. The number of fused-ring (bicyclic) bond motifs is 2. The number of aliphatic hydroxyl groups is 1. The number of carbonyl (C=O) groups excluding carboxylic acids is 5. The van der Waals surface area contributed by atoms with Gasteiger partial charge in [-0.1, -0.05) is 12.1 Å². The van der Waals surface area contributed by atoms with Crippen LogP contribution in [0.4, 0.5) is 31.0 Å². The van der Waals surface area contributed by atoms with E-state index in [1.165, 1.54) is 28.4 Å². The Morgan fingerprint density at radius 2 is 1.65 bits per heavy atom. The van der Waals surface area contributed by atoms with Crippen molar-refractivity contribution in [2.75, 3.05) is 59.7 Å². The number of thiazole rings is 1. The summed E-state index contributed by atoms with van der Waals surface area (Å²) in [7, 11) is 0. The third-order valence-corrected chi connectivity index (χ3v) is 15.8. The fourth-order valence-corrected chi connectivity index (χ4v) is 11.7. The molecule has 0 saturated carbocycles. The van der Waals surface area contributed by atoms with Gasteiger partial charge in [0.1, 0.15) is 17.7 Å². The lowest BCUT2D eigenvalue weighted by Crippen LogP contribution is -2.62. The standard InChI is InChI=1S/C50H52F2N10O6S/c51-36-23-31(22-34-35(36)26-62(47(34)67)44(46(66)57-48-53-15-21-69-48)43-40-2-1-16-60(40)29-54-43)30-3-6-33(7-4-30)58-17-11-49(12-18-58)27-61(28-49)42(64)25-50(68)13-19-59(20-14-50)39-9-5-32(24-37(39)52)55-38-8-10-41(63)56-45(38)65/h3-7,9,15,21-24,29,38,44,55,68H,1-2,8,10-14,16-20,25-28H2,(H,53,57,66)(H,56,63,65). The maximum Gasteiger partial charge on any atom is 0.255 e. The van der Waals surface area contributed by atoms with Crippen LogP contribution in [0.15, 0.2) is 72.5 Å². The fraction of sp³-hybridized carbons (Fsp3) is 0.420. The lowest BCUT2D eigenvalue weighted by atomic mass is 9.71. The molecule has 69 heavy (non-hydrogen) atoms. The quantitative estimate of drug-likeness (QED) is 0.120. The highest BCUT2D eigenvalue weighted by Crippen LogP contribution is 2.44. The molecule has 0 aliphatic carbocycles. The van der Waals surface area contributed by atoms with Crippen LogP contribution in [0.5, 0.6) is 0 Å². The van der Waals surface area contributed by atoms with E-state index in [1.807, 2.05) is 38.6 Å². The molecule has 5 amide bonds. The molecule has 2 atom stereocenters. The van der Waals surface area contributed by atoms with E-state index in [4.69, 9.17) is 0 Å². The third-order valence-electron chi connectivity index (χ3n) is 15.1. The topological polar surface area (TPSA) is 185 Å². The first-order chi connectivity index (χ1) is 33.3. The number of piperidine rings is 3. The summed E-state index contributed by atoms with van der Waals surface area (Å²) in [6, 6.07) is 14.1. The SMILES string of the molecule is O=C1CCC(Nc2ccc(N3CCC(O)(CC(=O)N4CC5(CCN(c6ccc(-c7cc(F)c8c(c7)C(=O)N(C(C(=O)Nc7nccs7)c7ncn9c7CCC9)C8)cc6)CC5)C4)CC3)c(F)c2)C(=O)N1. The smallest absolute Gasteiger partial charge is 0.255 e. The van der Waals surface area contributed by atoms with Gasteiger partial charge in [0.05, 0.1) is 36.3 Å². The molecule has 11 rings (SSSR count). The monoisotopic (exact) mass is 958 g/mol. The van der Waals surface area contributed by atoms with Gasteiger partial charge in [-0.15, -0.1) is 11.3 Å². The molecule has 0 bridgehead atoms. The average Bonchev–Trinajstić information content (AvgIpc) is 4.15. The molecule has 19 heteroatoms. The van der Waals surface area contributed by atoms with Crippen molar-refractivity contribution in [3.63, 3.8) is 0 Å². The zero-order valence-corrected chi connectivity index (χ0v) is 38.7. The number of imide groups is 1. The summed E-state index contributed by atoms with van der Waals surface area (Å²) in [4.78, 5) is 81.4. The minimum Gasteiger partial charge on any atom is -0.389 e. The van der Waals surface area contributed by atoms with Gasteiger partial charge >= 0.3 is 0 Å². The number of amides is 5. The predicted octanol–water partition coefficient (Wildman–Crippen LogP) is 5.63. The molecule has 3 aromatic carbocycles. The van der Waals surface area contributed by atoms with Gasteiger partial charge in [0.25, 0.3) is 11.8 Å². The van der Waals surface area contributed by atoms with E-state index >= 15 is 8.78 Å². The summed E-state index contributed by atoms with van der Waals surface area (Å²) in [5.41, 5.74) is 3.90. The second-order valence-corrected chi connectivity index (χ2v) is 20.4. The van der Waals surface area contributed by atoms with Gasteiger partial charge in [0.2, 0.25) is 17.7 Å². The zero-order chi connectivity index (χ0) is 47.6. The fourth-order valence-electron chi connectivity index (χ4n) is 11.1. The molecule has 4 fully saturated rings. The average molecular weight is 959 g/mol. The van der Waals surface area contributed by atoms with Gasteiger partial charge in [0.15, 0.2) is 11.2 Å². The molecule has 16 nitrogen and oxygen atoms in total. The van der Waals surface area contributed by atoms with E-state index < -0.39 is 47.0 Å². The highest BCUT2D eigenvalue weighted by Gasteiger charge is 2.48. The number of aryl methyl sites for hydroxylation is 1. The van der Waals surface area contributed by atoms with Gasteiger partial charge < -0.3 is 34.6 Å². The van der Waals surface area contributed by atoms with Gasteiger partial charge in [-0.05, 0) is 98.5 Å². The Morgan fingerprint density at radius 1 is 0.884 bits per heavy atom. The Hall–Kier alpha value is -6.73. The van der Waals surface area contributed by atoms with Crippen LogP contribution in [0, 0.1) is 17.0 Å². The predicted molar refractivity (Wildman–Crippen MR) is 253 cm³/mol. The molecule has 1 spiro atoms. The van der Waals surface area contributed by atoms with Crippen molar-refractivity contribution in [3.8, 4) is 11.1 Å². The van der Waals surface area contributed by atoms with Crippen molar-refractivity contribution < 1.29 is 37.9 Å². The van der Waals surface area contributed by atoms with Gasteiger partial charge in [0, 0.05) is 97.4 Å². The number of likely N-dealkylation sites (tertiary alicyclic amines) is 1. The molecule has 358 valence electrons. The molecule has 0 radical (unpaired) electrons. The van der Waals surface area contributed by atoms with E-state index in [-0.39, 0.29) is 47.7 Å². The molecule has 6 aliphatic rings. The van der Waals surface area contributed by atoms with Crippen LogP contribution in [0.1, 0.15) is 84.7 Å². The first-order valence-corrected chi connectivity index (χ1v) is 24.6. The van der Waals surface area contributed by atoms with Crippen molar-refractivity contribution in [1.29, 1.82) is 0 Å². The number of aromatic nitrogens is 3. The van der Waals surface area contributed by atoms with Crippen molar-refractivity contribution in [2.24, 2.45) is 5.41 Å². The highest BCUT2D eigenvalue weighted by atomic mass is 32.1. The maximum atomic E-state index is 16.0. The van der Waals surface area contributed by atoms with Crippen LogP contribution in [0.2, 0.25) is 0 Å². The first-order valence-electron chi connectivity index (χ1n) is 23.7. The van der Waals surface area contributed by atoms with Crippen LogP contribution >= 0.6 is 11.3 Å². The van der Waals surface area contributed by atoms with Crippen LogP contribution in [0.3, 0.4) is 0 Å². The number of benzene rings is 3. The van der Waals surface area contributed by atoms with Crippen LogP contribution in [0.25, 0.3) is 11.1 Å². The van der Waals surface area contributed by atoms with Crippen LogP contribution < -0.4 is 25.8 Å². The summed E-state index contributed by atoms with van der Waals surface area (Å²) in [6.45, 7) is 4.39. The normalized spacial score (nSPS) is 20.9. The Bertz CT molecular complexity index is 2850. The number of carbonyl (C=O) groups is 5. The van der Waals surface area contributed by atoms with Crippen LogP contribution in [-0.4, -0.2) is 110 Å². The van der Waals surface area contributed by atoms with Gasteiger partial charge in [-0.3, -0.25) is 34.6 Å². The number of halogens is 2. The zero-order valence-electron chi connectivity index (χ0n) is 37.9. The number of nitrogens with one attached hydrogen (secondary N) is 3. The van der Waals surface area contributed by atoms with Crippen LogP contribution in [-0.2, 0) is 38.7 Å². The van der Waals surface area contributed by atoms with E-state index in [1.54, 1.807) is 36.1 Å². The number of rotatable bonds is 11. The second kappa shape index (κ2) is 17.7. The molecule has 5 aromatic rings. The molecule has 2 unspecified atom stereocenters. The van der Waals surface area contributed by atoms with E-state index in [2.05, 4.69) is 30.8 Å². The van der Waals surface area contributed by atoms with E-state index in [9.17, 15) is 29.1 Å².